The predicted molar refractivity (Wildman–Crippen MR) is 70.1 cm³/mol. The van der Waals surface area contributed by atoms with E-state index in [0.717, 1.165) is 16.7 Å². The van der Waals surface area contributed by atoms with Crippen molar-refractivity contribution in [1.82, 2.24) is 0 Å². The molecule has 0 unspecified atom stereocenters. The van der Waals surface area contributed by atoms with Crippen molar-refractivity contribution in [2.24, 2.45) is 0 Å². The van der Waals surface area contributed by atoms with Crippen LogP contribution in [-0.4, -0.2) is 10.9 Å². The van der Waals surface area contributed by atoms with Crippen LogP contribution in [0.25, 0.3) is 11.1 Å². The van der Waals surface area contributed by atoms with Gasteiger partial charge in [-0.05, 0) is 47.9 Å². The number of benzene rings is 2. The van der Waals surface area contributed by atoms with Crippen LogP contribution in [0.15, 0.2) is 47.4 Å². The van der Waals surface area contributed by atoms with Gasteiger partial charge in [-0.2, -0.15) is 8.78 Å². The van der Waals surface area contributed by atoms with Gasteiger partial charge in [0, 0.05) is 4.90 Å². The third-order valence-corrected chi connectivity index (χ3v) is 3.32. The fraction of sp³-hybridized carbons (Fsp3) is 0.143. The number of aromatic hydroxyl groups is 1. The third kappa shape index (κ3) is 3.01. The summed E-state index contributed by atoms with van der Waals surface area (Å²) in [6, 6.07) is 12.1. The highest BCUT2D eigenvalue weighted by atomic mass is 32.2. The summed E-state index contributed by atoms with van der Waals surface area (Å²) in [7, 11) is 0. The highest BCUT2D eigenvalue weighted by molar-refractivity contribution is 7.99. The molecule has 0 aliphatic rings. The Morgan fingerprint density at radius 2 is 1.72 bits per heavy atom. The zero-order valence-electron chi connectivity index (χ0n) is 9.73. The van der Waals surface area contributed by atoms with Gasteiger partial charge in [0.05, 0.1) is 0 Å². The summed E-state index contributed by atoms with van der Waals surface area (Å²) in [5.74, 6) is -2.17. The molecule has 0 saturated carbocycles. The molecule has 0 aromatic heterocycles. The highest BCUT2D eigenvalue weighted by Crippen LogP contribution is 2.30. The Hall–Kier alpha value is -1.55. The maximum absolute atomic E-state index is 12.2. The van der Waals surface area contributed by atoms with Crippen molar-refractivity contribution >= 4 is 11.8 Å². The first-order chi connectivity index (χ1) is 8.56. The van der Waals surface area contributed by atoms with Gasteiger partial charge in [0.15, 0.2) is 0 Å². The minimum atomic E-state index is -2.40. The largest absolute Gasteiger partial charge is 0.508 e. The Kier molecular flexibility index (Phi) is 3.87. The number of phenolic OH excluding ortho intramolecular Hbond substituents is 1. The second-order valence-electron chi connectivity index (χ2n) is 3.90. The summed E-state index contributed by atoms with van der Waals surface area (Å²) < 4.78 is 24.4. The molecule has 0 fully saturated rings. The summed E-state index contributed by atoms with van der Waals surface area (Å²) in [5, 5.41) is 9.34. The Balaban J connectivity index is 2.28. The van der Waals surface area contributed by atoms with Crippen LogP contribution in [0.4, 0.5) is 8.78 Å². The second kappa shape index (κ2) is 5.40. The molecule has 0 spiro atoms. The number of alkyl halides is 2. The van der Waals surface area contributed by atoms with Crippen LogP contribution in [-0.2, 0) is 0 Å². The first-order valence-electron chi connectivity index (χ1n) is 5.41. The SMILES string of the molecule is Cc1cc(O)ccc1-c1ccc(SC(F)F)cc1. The van der Waals surface area contributed by atoms with Crippen LogP contribution in [0.5, 0.6) is 5.75 Å². The molecular weight excluding hydrogens is 254 g/mol. The summed E-state index contributed by atoms with van der Waals surface area (Å²) in [5.41, 5.74) is 2.89. The maximum atomic E-state index is 12.2. The molecule has 0 atom stereocenters. The van der Waals surface area contributed by atoms with Crippen LogP contribution in [0.3, 0.4) is 0 Å². The summed E-state index contributed by atoms with van der Waals surface area (Å²) in [4.78, 5) is 0.546. The van der Waals surface area contributed by atoms with Crippen molar-refractivity contribution in [3.63, 3.8) is 0 Å². The average molecular weight is 266 g/mol. The Morgan fingerprint density at radius 1 is 1.06 bits per heavy atom. The zero-order chi connectivity index (χ0) is 13.1. The normalized spacial score (nSPS) is 10.9. The number of aryl methyl sites for hydroxylation is 1. The van der Waals surface area contributed by atoms with E-state index in [9.17, 15) is 13.9 Å². The topological polar surface area (TPSA) is 20.2 Å². The molecule has 0 aliphatic carbocycles. The summed E-state index contributed by atoms with van der Waals surface area (Å²) >= 11 is 0.536. The van der Waals surface area contributed by atoms with Gasteiger partial charge >= 0.3 is 0 Å². The van der Waals surface area contributed by atoms with E-state index in [2.05, 4.69) is 0 Å². The number of rotatable bonds is 3. The molecule has 0 bridgehead atoms. The lowest BCUT2D eigenvalue weighted by molar-refractivity contribution is 0.252. The highest BCUT2D eigenvalue weighted by Gasteiger charge is 2.06. The zero-order valence-corrected chi connectivity index (χ0v) is 10.5. The number of thioether (sulfide) groups is 1. The van der Waals surface area contributed by atoms with E-state index in [0.29, 0.717) is 16.7 Å². The minimum Gasteiger partial charge on any atom is -0.508 e. The van der Waals surface area contributed by atoms with Crippen LogP contribution in [0, 0.1) is 6.92 Å². The lowest BCUT2D eigenvalue weighted by Gasteiger charge is -2.07. The molecule has 2 aromatic rings. The van der Waals surface area contributed by atoms with Gasteiger partial charge in [0.1, 0.15) is 5.75 Å². The van der Waals surface area contributed by atoms with Crippen molar-refractivity contribution in [1.29, 1.82) is 0 Å². The van der Waals surface area contributed by atoms with Crippen LogP contribution in [0.1, 0.15) is 5.56 Å². The molecule has 94 valence electrons. The standard InChI is InChI=1S/C14H12F2OS/c1-9-8-11(17)4-7-13(9)10-2-5-12(6-3-10)18-14(15)16/h2-8,14,17H,1H3. The second-order valence-corrected chi connectivity index (χ2v) is 4.97. The monoisotopic (exact) mass is 266 g/mol. The molecule has 2 aromatic carbocycles. The Morgan fingerprint density at radius 3 is 2.28 bits per heavy atom. The number of halogens is 2. The van der Waals surface area contributed by atoms with Gasteiger partial charge in [0.2, 0.25) is 0 Å². The molecule has 0 saturated heterocycles. The van der Waals surface area contributed by atoms with E-state index in [1.807, 2.05) is 25.1 Å². The van der Waals surface area contributed by atoms with Gasteiger partial charge in [-0.15, -0.1) is 0 Å². The lowest BCUT2D eigenvalue weighted by Crippen LogP contribution is -1.85. The molecule has 4 heteroatoms. The van der Waals surface area contributed by atoms with Crippen LogP contribution in [0.2, 0.25) is 0 Å². The molecular formula is C14H12F2OS. The van der Waals surface area contributed by atoms with Crippen molar-refractivity contribution in [2.45, 2.75) is 17.6 Å². The Labute approximate surface area is 108 Å². The molecule has 0 heterocycles. The van der Waals surface area contributed by atoms with Crippen LogP contribution >= 0.6 is 11.8 Å². The minimum absolute atomic E-state index is 0.223. The fourth-order valence-corrected chi connectivity index (χ4v) is 2.29. The molecule has 0 amide bonds. The number of phenols is 1. The van der Waals surface area contributed by atoms with Gasteiger partial charge in [-0.3, -0.25) is 0 Å². The molecule has 2 rings (SSSR count). The van der Waals surface area contributed by atoms with Gasteiger partial charge in [-0.1, -0.05) is 30.0 Å². The van der Waals surface area contributed by atoms with Gasteiger partial charge in [-0.25, -0.2) is 0 Å². The molecule has 1 N–H and O–H groups in total. The molecule has 0 radical (unpaired) electrons. The lowest BCUT2D eigenvalue weighted by atomic mass is 10.0. The average Bonchev–Trinajstić information content (AvgIpc) is 2.30. The van der Waals surface area contributed by atoms with Crippen LogP contribution < -0.4 is 0 Å². The molecule has 0 aliphatic heterocycles. The summed E-state index contributed by atoms with van der Waals surface area (Å²) in [6.07, 6.45) is 0. The van der Waals surface area contributed by atoms with Gasteiger partial charge < -0.3 is 5.11 Å². The van der Waals surface area contributed by atoms with Crippen molar-refractivity contribution in [2.75, 3.05) is 0 Å². The van der Waals surface area contributed by atoms with E-state index < -0.39 is 5.76 Å². The smallest absolute Gasteiger partial charge is 0.288 e. The molecule has 1 nitrogen and oxygen atoms in total. The summed E-state index contributed by atoms with van der Waals surface area (Å²) in [6.45, 7) is 1.90. The third-order valence-electron chi connectivity index (χ3n) is 2.60. The Bertz CT molecular complexity index is 538. The molecule has 18 heavy (non-hydrogen) atoms. The van der Waals surface area contributed by atoms with E-state index in [-0.39, 0.29) is 5.75 Å². The predicted octanol–water partition coefficient (Wildman–Crippen LogP) is 4.68. The van der Waals surface area contributed by atoms with Crippen molar-refractivity contribution in [3.8, 4) is 16.9 Å². The quantitative estimate of drug-likeness (QED) is 0.814. The van der Waals surface area contributed by atoms with E-state index in [1.54, 1.807) is 24.3 Å². The maximum Gasteiger partial charge on any atom is 0.288 e. The first-order valence-corrected chi connectivity index (χ1v) is 6.29. The van der Waals surface area contributed by atoms with Crippen molar-refractivity contribution in [3.05, 3.63) is 48.0 Å². The number of hydrogen-bond acceptors (Lipinski definition) is 2. The van der Waals surface area contributed by atoms with E-state index >= 15 is 0 Å². The number of hydrogen-bond donors (Lipinski definition) is 1. The van der Waals surface area contributed by atoms with Gasteiger partial charge in [0.25, 0.3) is 5.76 Å². The van der Waals surface area contributed by atoms with E-state index in [1.165, 1.54) is 0 Å². The fourth-order valence-electron chi connectivity index (χ4n) is 1.79. The van der Waals surface area contributed by atoms with Crippen molar-refractivity contribution < 1.29 is 13.9 Å². The first kappa shape index (κ1) is 12.9. The van der Waals surface area contributed by atoms with E-state index in [4.69, 9.17) is 0 Å².